The van der Waals surface area contributed by atoms with E-state index in [0.29, 0.717) is 43.7 Å². The molecule has 9 nitrogen and oxygen atoms in total. The molecule has 9 heteroatoms. The number of hydrogen-bond acceptors (Lipinski definition) is 6. The molecule has 0 saturated carbocycles. The molecule has 4 rings (SSSR count). The van der Waals surface area contributed by atoms with Gasteiger partial charge in [-0.1, -0.05) is 13.8 Å². The van der Waals surface area contributed by atoms with E-state index in [0.717, 1.165) is 0 Å². The van der Waals surface area contributed by atoms with Gasteiger partial charge in [0.15, 0.2) is 0 Å². The molecule has 3 aliphatic heterocycles. The van der Waals surface area contributed by atoms with Crippen LogP contribution in [0.25, 0.3) is 0 Å². The lowest BCUT2D eigenvalue weighted by molar-refractivity contribution is -0.150. The summed E-state index contributed by atoms with van der Waals surface area (Å²) < 4.78 is 12.2. The summed E-state index contributed by atoms with van der Waals surface area (Å²) in [4.78, 5) is 43.2. The molecule has 0 aromatic heterocycles. The lowest BCUT2D eigenvalue weighted by atomic mass is 9.65. The number of aliphatic hydroxyl groups is 1. The minimum absolute atomic E-state index is 0.272. The lowest BCUT2D eigenvalue weighted by Gasteiger charge is -2.38. The fraction of sp³-hybridized carbons (Fsp3) is 0.679. The van der Waals surface area contributed by atoms with Gasteiger partial charge in [-0.05, 0) is 77.6 Å². The number of rotatable bonds is 9. The molecule has 1 aromatic rings. The molecule has 0 radical (unpaired) electrons. The Morgan fingerprint density at radius 3 is 2.38 bits per heavy atom. The number of carbonyl (C=O) groups is 3. The van der Waals surface area contributed by atoms with E-state index in [1.807, 2.05) is 41.5 Å². The van der Waals surface area contributed by atoms with E-state index in [2.05, 4.69) is 10.6 Å². The molecule has 3 aliphatic rings. The summed E-state index contributed by atoms with van der Waals surface area (Å²) in [6.45, 7) is 11.7. The first-order valence-corrected chi connectivity index (χ1v) is 13.5. The molecule has 1 aromatic carbocycles. The van der Waals surface area contributed by atoms with Crippen molar-refractivity contribution in [2.45, 2.75) is 96.1 Å². The van der Waals surface area contributed by atoms with Crippen molar-refractivity contribution in [3.63, 3.8) is 0 Å². The van der Waals surface area contributed by atoms with Crippen molar-refractivity contribution in [1.29, 1.82) is 0 Å². The van der Waals surface area contributed by atoms with E-state index >= 15 is 0 Å². The van der Waals surface area contributed by atoms with E-state index in [9.17, 15) is 19.5 Å². The number of anilines is 1. The van der Waals surface area contributed by atoms with Crippen LogP contribution in [0.3, 0.4) is 0 Å². The standard InChI is InChI=1S/C28H41N3O6/c1-7-18(16-32)31-22(24(34)30-26(4,5)6)28-15-14-27(8-2,37-28)20(21(28)25(31)35)23(33)29-17-10-12-19(13-11-17)36-9-3/h10-13,18,20-22,32H,7-9,14-16H2,1-6H3,(H,29,33)(H,30,34)/t18-,20+,21-,22?,27-,28?/m0/s1. The van der Waals surface area contributed by atoms with Gasteiger partial charge in [0.1, 0.15) is 17.4 Å². The summed E-state index contributed by atoms with van der Waals surface area (Å²) in [6, 6.07) is 5.65. The summed E-state index contributed by atoms with van der Waals surface area (Å²) in [5.74, 6) is -1.75. The number of likely N-dealkylation sites (tertiary alicyclic amines) is 1. The Hall–Kier alpha value is -2.65. The van der Waals surface area contributed by atoms with E-state index < -0.39 is 40.7 Å². The van der Waals surface area contributed by atoms with Gasteiger partial charge in [-0.25, -0.2) is 0 Å². The van der Waals surface area contributed by atoms with Gasteiger partial charge in [0.05, 0.1) is 36.7 Å². The first-order chi connectivity index (χ1) is 17.5. The largest absolute Gasteiger partial charge is 0.494 e. The summed E-state index contributed by atoms with van der Waals surface area (Å²) >= 11 is 0. The molecule has 3 heterocycles. The molecule has 3 amide bonds. The van der Waals surface area contributed by atoms with E-state index in [4.69, 9.17) is 9.47 Å². The van der Waals surface area contributed by atoms with Crippen molar-refractivity contribution < 1.29 is 29.0 Å². The summed E-state index contributed by atoms with van der Waals surface area (Å²) in [5, 5.41) is 16.2. The predicted molar refractivity (Wildman–Crippen MR) is 139 cm³/mol. The maximum absolute atomic E-state index is 14.1. The van der Waals surface area contributed by atoms with Crippen LogP contribution in [0.5, 0.6) is 5.75 Å². The van der Waals surface area contributed by atoms with Crippen LogP contribution in [-0.4, -0.2) is 69.8 Å². The minimum atomic E-state index is -1.12. The van der Waals surface area contributed by atoms with Gasteiger partial charge < -0.3 is 30.1 Å². The Labute approximate surface area is 219 Å². The number of nitrogens with one attached hydrogen (secondary N) is 2. The number of hydrogen-bond donors (Lipinski definition) is 3. The minimum Gasteiger partial charge on any atom is -0.494 e. The topological polar surface area (TPSA) is 117 Å². The number of benzene rings is 1. The normalized spacial score (nSPS) is 31.3. The number of amides is 3. The first-order valence-electron chi connectivity index (χ1n) is 13.5. The van der Waals surface area contributed by atoms with Gasteiger partial charge in [0.25, 0.3) is 0 Å². The molecular weight excluding hydrogens is 474 g/mol. The molecule has 3 N–H and O–H groups in total. The summed E-state index contributed by atoms with van der Waals surface area (Å²) in [5.41, 5.74) is -1.87. The highest BCUT2D eigenvalue weighted by Gasteiger charge is 2.79. The first kappa shape index (κ1) is 27.4. The number of carbonyl (C=O) groups excluding carboxylic acids is 3. The number of nitrogens with zero attached hydrogens (tertiary/aromatic N) is 1. The van der Waals surface area contributed by atoms with Gasteiger partial charge >= 0.3 is 0 Å². The maximum Gasteiger partial charge on any atom is 0.246 e. The van der Waals surface area contributed by atoms with Gasteiger partial charge in [0, 0.05) is 11.2 Å². The van der Waals surface area contributed by atoms with Crippen molar-refractivity contribution in [2.75, 3.05) is 18.5 Å². The molecule has 2 bridgehead atoms. The Balaban J connectivity index is 1.72. The van der Waals surface area contributed by atoms with Crippen LogP contribution in [0, 0.1) is 11.8 Å². The van der Waals surface area contributed by atoms with Gasteiger partial charge in [0.2, 0.25) is 17.7 Å². The SMILES string of the molecule is CCOc1ccc(NC(=O)[C@H]2[C@H]3C(=O)N([C@@H](CC)CO)C(C(=O)NC(C)(C)C)C34CC[C@]2(CC)O4)cc1. The third-order valence-corrected chi connectivity index (χ3v) is 8.16. The van der Waals surface area contributed by atoms with E-state index in [1.165, 1.54) is 4.90 Å². The average molecular weight is 516 g/mol. The summed E-state index contributed by atoms with van der Waals surface area (Å²) in [6.07, 6.45) is 2.11. The second-order valence-electron chi connectivity index (χ2n) is 11.5. The van der Waals surface area contributed by atoms with Crippen molar-refractivity contribution >= 4 is 23.4 Å². The molecule has 2 unspecified atom stereocenters. The zero-order valence-electron chi connectivity index (χ0n) is 22.8. The van der Waals surface area contributed by atoms with Crippen molar-refractivity contribution in [3.05, 3.63) is 24.3 Å². The monoisotopic (exact) mass is 515 g/mol. The third-order valence-electron chi connectivity index (χ3n) is 8.16. The Morgan fingerprint density at radius 2 is 1.84 bits per heavy atom. The second kappa shape index (κ2) is 9.91. The third kappa shape index (κ3) is 4.50. The van der Waals surface area contributed by atoms with E-state index in [1.54, 1.807) is 24.3 Å². The van der Waals surface area contributed by atoms with Crippen molar-refractivity contribution in [2.24, 2.45) is 11.8 Å². The van der Waals surface area contributed by atoms with E-state index in [-0.39, 0.29) is 24.3 Å². The highest BCUT2D eigenvalue weighted by Crippen LogP contribution is 2.64. The number of aliphatic hydroxyl groups excluding tert-OH is 1. The van der Waals surface area contributed by atoms with Gasteiger partial charge in [-0.15, -0.1) is 0 Å². The van der Waals surface area contributed by atoms with Crippen LogP contribution in [0.1, 0.15) is 67.2 Å². The van der Waals surface area contributed by atoms with Crippen LogP contribution in [0.4, 0.5) is 5.69 Å². The average Bonchev–Trinajstić information content (AvgIpc) is 3.44. The van der Waals surface area contributed by atoms with Crippen LogP contribution in [0.15, 0.2) is 24.3 Å². The van der Waals surface area contributed by atoms with Crippen LogP contribution in [0.2, 0.25) is 0 Å². The molecule has 37 heavy (non-hydrogen) atoms. The molecule has 6 atom stereocenters. The van der Waals surface area contributed by atoms with Gasteiger partial charge in [-0.3, -0.25) is 14.4 Å². The fourth-order valence-electron chi connectivity index (χ4n) is 6.62. The zero-order chi connectivity index (χ0) is 27.2. The van der Waals surface area contributed by atoms with Crippen LogP contribution < -0.4 is 15.4 Å². The zero-order valence-corrected chi connectivity index (χ0v) is 22.8. The molecule has 204 valence electrons. The number of ether oxygens (including phenoxy) is 2. The van der Waals surface area contributed by atoms with Gasteiger partial charge in [-0.2, -0.15) is 0 Å². The second-order valence-corrected chi connectivity index (χ2v) is 11.5. The smallest absolute Gasteiger partial charge is 0.246 e. The number of fused-ring (bicyclic) bond motifs is 1. The Kier molecular flexibility index (Phi) is 7.33. The predicted octanol–water partition coefficient (Wildman–Crippen LogP) is 2.86. The molecule has 0 aliphatic carbocycles. The highest BCUT2D eigenvalue weighted by molar-refractivity contribution is 6.02. The Morgan fingerprint density at radius 1 is 1.16 bits per heavy atom. The molecule has 3 saturated heterocycles. The summed E-state index contributed by atoms with van der Waals surface area (Å²) in [7, 11) is 0. The van der Waals surface area contributed by atoms with Crippen molar-refractivity contribution in [3.8, 4) is 5.75 Å². The van der Waals surface area contributed by atoms with Crippen LogP contribution >= 0.6 is 0 Å². The molecule has 3 fully saturated rings. The molecule has 1 spiro atoms. The lowest BCUT2D eigenvalue weighted by Crippen LogP contribution is -2.60. The Bertz CT molecular complexity index is 1030. The molecular formula is C28H41N3O6. The highest BCUT2D eigenvalue weighted by atomic mass is 16.5. The fourth-order valence-corrected chi connectivity index (χ4v) is 6.62. The van der Waals surface area contributed by atoms with Crippen LogP contribution in [-0.2, 0) is 19.1 Å². The van der Waals surface area contributed by atoms with Crippen molar-refractivity contribution in [1.82, 2.24) is 10.2 Å². The quantitative estimate of drug-likeness (QED) is 0.466. The maximum atomic E-state index is 14.1.